The van der Waals surface area contributed by atoms with Gasteiger partial charge in [0.2, 0.25) is 0 Å². The van der Waals surface area contributed by atoms with E-state index in [1.165, 1.54) is 4.90 Å². The summed E-state index contributed by atoms with van der Waals surface area (Å²) in [7, 11) is 1.67. The number of H-pyrrole nitrogens is 1. The van der Waals surface area contributed by atoms with Gasteiger partial charge in [0.25, 0.3) is 5.91 Å². The normalized spacial score (nSPS) is 10.5. The molecule has 1 aromatic heterocycles. The zero-order valence-electron chi connectivity index (χ0n) is 13.2. The van der Waals surface area contributed by atoms with Gasteiger partial charge in [0.1, 0.15) is 0 Å². The maximum Gasteiger partial charge on any atom is 0.359 e. The minimum absolute atomic E-state index is 0.184. The lowest BCUT2D eigenvalue weighted by atomic mass is 10.2. The molecule has 1 N–H and O–H groups in total. The zero-order chi connectivity index (χ0) is 16.9. The van der Waals surface area contributed by atoms with Crippen LogP contribution in [0.25, 0.3) is 10.9 Å². The number of aromatic nitrogens is 2. The molecule has 6 heteroatoms. The van der Waals surface area contributed by atoms with Gasteiger partial charge in [-0.3, -0.25) is 9.89 Å². The van der Waals surface area contributed by atoms with Crippen LogP contribution < -0.4 is 0 Å². The lowest BCUT2D eigenvalue weighted by molar-refractivity contribution is -0.133. The lowest BCUT2D eigenvalue weighted by Crippen LogP contribution is -2.30. The molecule has 0 saturated heterocycles. The molecule has 0 atom stereocenters. The second-order valence-electron chi connectivity index (χ2n) is 5.43. The highest BCUT2D eigenvalue weighted by Gasteiger charge is 2.18. The van der Waals surface area contributed by atoms with Crippen LogP contribution in [-0.4, -0.2) is 40.6 Å². The average Bonchev–Trinajstić information content (AvgIpc) is 3.04. The van der Waals surface area contributed by atoms with E-state index >= 15 is 0 Å². The molecule has 24 heavy (non-hydrogen) atoms. The van der Waals surface area contributed by atoms with E-state index < -0.39 is 5.97 Å². The van der Waals surface area contributed by atoms with Crippen molar-refractivity contribution in [3.05, 3.63) is 65.9 Å². The highest BCUT2D eigenvalue weighted by molar-refractivity contribution is 6.02. The number of hydrogen-bond donors (Lipinski definition) is 1. The highest BCUT2D eigenvalue weighted by Crippen LogP contribution is 2.15. The van der Waals surface area contributed by atoms with Crippen molar-refractivity contribution in [3.8, 4) is 0 Å². The Labute approximate surface area is 139 Å². The summed E-state index contributed by atoms with van der Waals surface area (Å²) in [5, 5.41) is 7.40. The fraction of sp³-hybridized carbons (Fsp3) is 0.167. The van der Waals surface area contributed by atoms with Gasteiger partial charge in [0.05, 0.1) is 5.52 Å². The first-order valence-electron chi connectivity index (χ1n) is 7.53. The Morgan fingerprint density at radius 1 is 1.08 bits per heavy atom. The number of amides is 1. The molecular weight excluding hydrogens is 306 g/mol. The summed E-state index contributed by atoms with van der Waals surface area (Å²) in [6, 6.07) is 16.9. The quantitative estimate of drug-likeness (QED) is 0.732. The molecular formula is C18H17N3O3. The van der Waals surface area contributed by atoms with E-state index in [0.29, 0.717) is 11.9 Å². The molecule has 3 rings (SSSR count). The van der Waals surface area contributed by atoms with Gasteiger partial charge in [-0.15, -0.1) is 0 Å². The number of hydrogen-bond acceptors (Lipinski definition) is 4. The summed E-state index contributed by atoms with van der Waals surface area (Å²) in [6.07, 6.45) is 0. The summed E-state index contributed by atoms with van der Waals surface area (Å²) in [5.74, 6) is -0.888. The molecule has 0 fully saturated rings. The molecule has 0 radical (unpaired) electrons. The molecule has 0 aliphatic carbocycles. The molecule has 0 aliphatic rings. The van der Waals surface area contributed by atoms with Gasteiger partial charge < -0.3 is 9.64 Å². The number of nitrogens with zero attached hydrogens (tertiary/aromatic N) is 2. The van der Waals surface area contributed by atoms with Gasteiger partial charge >= 0.3 is 5.97 Å². The maximum atomic E-state index is 12.1. The highest BCUT2D eigenvalue weighted by atomic mass is 16.5. The second-order valence-corrected chi connectivity index (χ2v) is 5.43. The number of esters is 1. The van der Waals surface area contributed by atoms with Crippen LogP contribution in [0.3, 0.4) is 0 Å². The Morgan fingerprint density at radius 2 is 1.79 bits per heavy atom. The summed E-state index contributed by atoms with van der Waals surface area (Å²) in [5.41, 5.74) is 1.94. The fourth-order valence-corrected chi connectivity index (χ4v) is 2.37. The molecule has 0 unspecified atom stereocenters. The first-order valence-corrected chi connectivity index (χ1v) is 7.53. The van der Waals surface area contributed by atoms with Crippen LogP contribution in [0, 0.1) is 0 Å². The van der Waals surface area contributed by atoms with Gasteiger partial charge in [-0.1, -0.05) is 48.5 Å². The average molecular weight is 323 g/mol. The number of ether oxygens (including phenoxy) is 1. The van der Waals surface area contributed by atoms with E-state index in [1.54, 1.807) is 13.1 Å². The fourth-order valence-electron chi connectivity index (χ4n) is 2.37. The number of nitrogens with one attached hydrogen (secondary N) is 1. The Bertz CT molecular complexity index is 858. The van der Waals surface area contributed by atoms with Crippen LogP contribution in [0.4, 0.5) is 0 Å². The smallest absolute Gasteiger partial charge is 0.359 e. The molecule has 6 nitrogen and oxygen atoms in total. The van der Waals surface area contributed by atoms with E-state index in [-0.39, 0.29) is 18.2 Å². The number of rotatable bonds is 5. The minimum Gasteiger partial charge on any atom is -0.451 e. The maximum absolute atomic E-state index is 12.1. The van der Waals surface area contributed by atoms with Crippen LogP contribution in [-0.2, 0) is 16.1 Å². The molecule has 1 amide bonds. The number of carbonyl (C=O) groups is 2. The molecule has 0 bridgehead atoms. The lowest BCUT2D eigenvalue weighted by Gasteiger charge is -2.17. The molecule has 122 valence electrons. The van der Waals surface area contributed by atoms with E-state index in [1.807, 2.05) is 48.5 Å². The number of aromatic amines is 1. The number of carbonyl (C=O) groups excluding carboxylic acids is 2. The van der Waals surface area contributed by atoms with Crippen molar-refractivity contribution in [1.29, 1.82) is 0 Å². The van der Waals surface area contributed by atoms with Crippen LogP contribution in [0.2, 0.25) is 0 Å². The van der Waals surface area contributed by atoms with Gasteiger partial charge in [-0.2, -0.15) is 5.10 Å². The van der Waals surface area contributed by atoms with E-state index in [4.69, 9.17) is 4.74 Å². The third-order valence-electron chi connectivity index (χ3n) is 3.68. The van der Waals surface area contributed by atoms with Gasteiger partial charge in [0.15, 0.2) is 12.3 Å². The molecule has 0 aliphatic heterocycles. The summed E-state index contributed by atoms with van der Waals surface area (Å²) >= 11 is 0. The van der Waals surface area contributed by atoms with E-state index in [9.17, 15) is 9.59 Å². The Morgan fingerprint density at radius 3 is 2.58 bits per heavy atom. The third kappa shape index (κ3) is 3.43. The summed E-state index contributed by atoms with van der Waals surface area (Å²) in [4.78, 5) is 25.8. The monoisotopic (exact) mass is 323 g/mol. The van der Waals surface area contributed by atoms with Crippen molar-refractivity contribution in [2.75, 3.05) is 13.7 Å². The van der Waals surface area contributed by atoms with Gasteiger partial charge in [-0.25, -0.2) is 4.79 Å². The van der Waals surface area contributed by atoms with Crippen LogP contribution >= 0.6 is 0 Å². The Balaban J connectivity index is 1.58. The Hall–Kier alpha value is -3.15. The molecule has 0 saturated carbocycles. The van der Waals surface area contributed by atoms with Gasteiger partial charge in [0, 0.05) is 19.0 Å². The first-order chi connectivity index (χ1) is 11.6. The second kappa shape index (κ2) is 6.95. The molecule has 2 aromatic carbocycles. The molecule has 0 spiro atoms. The van der Waals surface area contributed by atoms with Crippen LogP contribution in [0.5, 0.6) is 0 Å². The number of benzene rings is 2. The van der Waals surface area contributed by atoms with Gasteiger partial charge in [-0.05, 0) is 11.6 Å². The standard InChI is InChI=1S/C18H17N3O3/c1-21(11-13-7-3-2-4-8-13)16(22)12-24-18(23)17-14-9-5-6-10-15(14)19-20-17/h2-10H,11-12H2,1H3,(H,19,20). The summed E-state index contributed by atoms with van der Waals surface area (Å²) < 4.78 is 5.10. The Kier molecular flexibility index (Phi) is 4.56. The number of para-hydroxylation sites is 1. The van der Waals surface area contributed by atoms with Crippen molar-refractivity contribution in [1.82, 2.24) is 15.1 Å². The number of likely N-dealkylation sites (N-methyl/N-ethyl adjacent to an activating group) is 1. The topological polar surface area (TPSA) is 75.3 Å². The third-order valence-corrected chi connectivity index (χ3v) is 3.68. The summed E-state index contributed by atoms with van der Waals surface area (Å²) in [6.45, 7) is 0.145. The van der Waals surface area contributed by atoms with Crippen molar-refractivity contribution in [2.24, 2.45) is 0 Å². The van der Waals surface area contributed by atoms with E-state index in [0.717, 1.165) is 11.1 Å². The van der Waals surface area contributed by atoms with Crippen LogP contribution in [0.15, 0.2) is 54.6 Å². The molecule has 1 heterocycles. The van der Waals surface area contributed by atoms with Crippen molar-refractivity contribution >= 4 is 22.8 Å². The van der Waals surface area contributed by atoms with Crippen molar-refractivity contribution in [2.45, 2.75) is 6.54 Å². The largest absolute Gasteiger partial charge is 0.451 e. The molecule has 3 aromatic rings. The zero-order valence-corrected chi connectivity index (χ0v) is 13.2. The van der Waals surface area contributed by atoms with Crippen LogP contribution in [0.1, 0.15) is 16.1 Å². The van der Waals surface area contributed by atoms with Crippen molar-refractivity contribution < 1.29 is 14.3 Å². The predicted molar refractivity (Wildman–Crippen MR) is 89.3 cm³/mol. The number of fused-ring (bicyclic) bond motifs is 1. The van der Waals surface area contributed by atoms with Crippen molar-refractivity contribution in [3.63, 3.8) is 0 Å². The predicted octanol–water partition coefficient (Wildman–Crippen LogP) is 2.38. The van der Waals surface area contributed by atoms with E-state index in [2.05, 4.69) is 10.2 Å². The SMILES string of the molecule is CN(Cc1ccccc1)C(=O)COC(=O)c1n[nH]c2ccccc12. The first kappa shape index (κ1) is 15.7. The minimum atomic E-state index is -0.617.